The fraction of sp³-hybridized carbons (Fsp3) is 1.00. The summed E-state index contributed by atoms with van der Waals surface area (Å²) in [5.74, 6) is 0. The molecule has 2 aliphatic heterocycles. The summed E-state index contributed by atoms with van der Waals surface area (Å²) < 4.78 is 25.7. The molecule has 0 aromatic carbocycles. The number of rotatable bonds is 13. The van der Waals surface area contributed by atoms with Crippen LogP contribution in [0.1, 0.15) is 97.8 Å². The lowest BCUT2D eigenvalue weighted by Gasteiger charge is -2.34. The molecule has 2 fully saturated rings. The SMILES string of the molecule is C1CCNCC1.C1CCNCC1.CCCC[N+](C)(CCCC)CCCC.O=[P+]([O-])OC(Cl)(Cl)O[P+](=O)O. The molecule has 2 saturated heterocycles. The third-order valence-corrected chi connectivity index (χ3v) is 7.49. The molecule has 2 aliphatic rings. The summed E-state index contributed by atoms with van der Waals surface area (Å²) in [4.78, 5) is 17.8. The maximum atomic E-state index is 9.88. The van der Waals surface area contributed by atoms with Crippen molar-refractivity contribution in [3.63, 3.8) is 0 Å². The monoisotopic (exact) mass is 611 g/mol. The molecule has 0 amide bonds. The lowest BCUT2D eigenvalue weighted by Crippen LogP contribution is -2.46. The molecule has 0 aliphatic carbocycles. The molecular formula is C24H53Cl2N3O6P2+2. The molecule has 0 aromatic heterocycles. The van der Waals surface area contributed by atoms with E-state index in [9.17, 15) is 14.0 Å². The van der Waals surface area contributed by atoms with Crippen molar-refractivity contribution in [3.8, 4) is 0 Å². The van der Waals surface area contributed by atoms with Gasteiger partial charge in [-0.15, -0.1) is 4.89 Å². The molecule has 0 spiro atoms. The van der Waals surface area contributed by atoms with Crippen LogP contribution >= 0.6 is 39.7 Å². The van der Waals surface area contributed by atoms with E-state index in [1.165, 1.54) is 127 Å². The van der Waals surface area contributed by atoms with Gasteiger partial charge in [0.2, 0.25) is 0 Å². The highest BCUT2D eigenvalue weighted by molar-refractivity contribution is 7.32. The van der Waals surface area contributed by atoms with E-state index < -0.39 is 21.2 Å². The first-order chi connectivity index (χ1) is 17.5. The number of hydrogen-bond donors (Lipinski definition) is 3. The van der Waals surface area contributed by atoms with Crippen LogP contribution in [-0.4, -0.2) is 66.9 Å². The fourth-order valence-corrected chi connectivity index (χ4v) is 4.93. The van der Waals surface area contributed by atoms with Gasteiger partial charge in [-0.25, -0.2) is 0 Å². The average Bonchev–Trinajstić information content (AvgIpc) is 2.87. The minimum absolute atomic E-state index is 1.25. The normalized spacial score (nSPS) is 16.6. The smallest absolute Gasteiger partial charge is 0.566 e. The number of nitrogens with one attached hydrogen (secondary N) is 2. The molecule has 0 radical (unpaired) electrons. The van der Waals surface area contributed by atoms with Crippen molar-refractivity contribution in [1.82, 2.24) is 10.6 Å². The minimum atomic E-state index is -3.35. The van der Waals surface area contributed by atoms with Crippen molar-refractivity contribution >= 4 is 39.7 Å². The Hall–Kier alpha value is 0.500. The number of quaternary nitrogens is 1. The van der Waals surface area contributed by atoms with Gasteiger partial charge in [-0.2, -0.15) is 0 Å². The van der Waals surface area contributed by atoms with E-state index >= 15 is 0 Å². The van der Waals surface area contributed by atoms with Crippen LogP contribution in [0.5, 0.6) is 0 Å². The van der Waals surface area contributed by atoms with Gasteiger partial charge in [0.05, 0.1) is 26.7 Å². The molecule has 2 rings (SSSR count). The molecule has 37 heavy (non-hydrogen) atoms. The Morgan fingerprint density at radius 3 is 1.32 bits per heavy atom. The zero-order valence-corrected chi connectivity index (χ0v) is 26.8. The zero-order chi connectivity index (χ0) is 28.4. The zero-order valence-electron chi connectivity index (χ0n) is 23.5. The number of piperidine rings is 2. The highest BCUT2D eigenvalue weighted by Crippen LogP contribution is 2.38. The first-order valence-electron chi connectivity index (χ1n) is 13.8. The number of halogens is 2. The second-order valence-corrected chi connectivity index (χ2v) is 12.1. The largest absolute Gasteiger partial charge is 0.700 e. The summed E-state index contributed by atoms with van der Waals surface area (Å²) in [5, 5.41) is 6.57. The third-order valence-electron chi connectivity index (χ3n) is 5.93. The molecule has 13 heteroatoms. The van der Waals surface area contributed by atoms with E-state index in [4.69, 9.17) is 28.1 Å². The second-order valence-electron chi connectivity index (χ2n) is 9.58. The maximum absolute atomic E-state index is 9.88. The number of alkyl halides is 2. The summed E-state index contributed by atoms with van der Waals surface area (Å²) in [7, 11) is -4.03. The van der Waals surface area contributed by atoms with Crippen molar-refractivity contribution in [2.45, 2.75) is 103 Å². The van der Waals surface area contributed by atoms with Crippen molar-refractivity contribution in [2.75, 3.05) is 52.9 Å². The van der Waals surface area contributed by atoms with Crippen molar-refractivity contribution in [1.29, 1.82) is 0 Å². The Morgan fingerprint density at radius 2 is 1.14 bits per heavy atom. The van der Waals surface area contributed by atoms with Crippen LogP contribution in [-0.2, 0) is 18.2 Å². The summed E-state index contributed by atoms with van der Waals surface area (Å²) >= 11 is 9.84. The highest BCUT2D eigenvalue weighted by atomic mass is 35.5. The Balaban J connectivity index is 0. The number of unbranched alkanes of at least 4 members (excludes halogenated alkanes) is 3. The third kappa shape index (κ3) is 30.9. The van der Waals surface area contributed by atoms with Crippen molar-refractivity contribution in [3.05, 3.63) is 0 Å². The topological polar surface area (TPSA) is 120 Å². The number of hydrogen-bond acceptors (Lipinski definition) is 7. The summed E-state index contributed by atoms with van der Waals surface area (Å²) in [6, 6.07) is 0. The standard InChI is InChI=1S/C13H30N.2C5H11N.CCl2O6P2/c1-5-8-11-14(4,12-9-6-2)13-10-7-3;2*1-2-4-6-5-3-1;2-1(3,8-10(4)5)9-11(6)7/h5-13H2,1-4H3;2*6H,1-5H2;/q+1;;;/p+1. The molecule has 9 nitrogen and oxygen atoms in total. The molecule has 2 atom stereocenters. The summed E-state index contributed by atoms with van der Waals surface area (Å²) in [6.45, 7) is 16.0. The molecule has 2 heterocycles. The maximum Gasteiger partial charge on any atom is 0.700 e. The molecule has 0 saturated carbocycles. The second kappa shape index (κ2) is 26.7. The molecule has 0 aromatic rings. The Labute approximate surface area is 237 Å². The average molecular weight is 613 g/mol. The van der Waals surface area contributed by atoms with Crippen LogP contribution in [0.2, 0.25) is 0 Å². The Bertz CT molecular complexity index is 484. The Kier molecular flexibility index (Phi) is 28.6. The van der Waals surface area contributed by atoms with Crippen LogP contribution in [0.3, 0.4) is 0 Å². The first kappa shape index (κ1) is 39.6. The van der Waals surface area contributed by atoms with Crippen LogP contribution in [0.4, 0.5) is 0 Å². The van der Waals surface area contributed by atoms with Gasteiger partial charge in [-0.05, 0) is 103 Å². The lowest BCUT2D eigenvalue weighted by atomic mass is 10.2. The predicted octanol–water partition coefficient (Wildman–Crippen LogP) is 6.13. The minimum Gasteiger partial charge on any atom is -0.566 e. The van der Waals surface area contributed by atoms with Crippen LogP contribution in [0, 0.1) is 0 Å². The van der Waals surface area contributed by atoms with Crippen molar-refractivity contribution < 1.29 is 32.4 Å². The quantitative estimate of drug-likeness (QED) is 0.0984. The van der Waals surface area contributed by atoms with Crippen LogP contribution in [0.15, 0.2) is 0 Å². The van der Waals surface area contributed by atoms with E-state index in [1.54, 1.807) is 0 Å². The van der Waals surface area contributed by atoms with E-state index in [1.807, 2.05) is 0 Å². The van der Waals surface area contributed by atoms with Gasteiger partial charge in [-0.3, -0.25) is 0 Å². The lowest BCUT2D eigenvalue weighted by molar-refractivity contribution is -0.910. The van der Waals surface area contributed by atoms with E-state index in [0.29, 0.717) is 0 Å². The Morgan fingerprint density at radius 1 is 0.784 bits per heavy atom. The van der Waals surface area contributed by atoms with Crippen molar-refractivity contribution in [2.24, 2.45) is 0 Å². The van der Waals surface area contributed by atoms with E-state index in [2.05, 4.69) is 47.5 Å². The van der Waals surface area contributed by atoms with Gasteiger partial charge in [-0.1, -0.05) is 57.4 Å². The molecule has 3 N–H and O–H groups in total. The fourth-order valence-electron chi connectivity index (χ4n) is 3.75. The highest BCUT2D eigenvalue weighted by Gasteiger charge is 2.43. The molecule has 222 valence electrons. The molecule has 0 bridgehead atoms. The van der Waals surface area contributed by atoms with Gasteiger partial charge < -0.3 is 20.0 Å². The van der Waals surface area contributed by atoms with Gasteiger partial charge in [0, 0.05) is 4.57 Å². The first-order valence-corrected chi connectivity index (χ1v) is 16.8. The number of nitrogens with zero attached hydrogens (tertiary/aromatic N) is 1. The van der Waals surface area contributed by atoms with Gasteiger partial charge in [0.1, 0.15) is 0 Å². The van der Waals surface area contributed by atoms with E-state index in [0.717, 1.165) is 0 Å². The summed E-state index contributed by atoms with van der Waals surface area (Å²) in [6.07, 6.45) is 16.6. The van der Waals surface area contributed by atoms with E-state index in [-0.39, 0.29) is 0 Å². The summed E-state index contributed by atoms with van der Waals surface area (Å²) in [5.41, 5.74) is 0. The predicted molar refractivity (Wildman–Crippen MR) is 153 cm³/mol. The van der Waals surface area contributed by atoms with Crippen LogP contribution < -0.4 is 15.5 Å². The van der Waals surface area contributed by atoms with Crippen LogP contribution in [0.25, 0.3) is 0 Å². The van der Waals surface area contributed by atoms with Gasteiger partial charge >= 0.3 is 21.2 Å². The molecular weight excluding hydrogens is 559 g/mol. The molecule has 2 unspecified atom stereocenters. The van der Waals surface area contributed by atoms with Gasteiger partial charge in [0.15, 0.2) is 0 Å². The van der Waals surface area contributed by atoms with Gasteiger partial charge in [0.25, 0.3) is 0 Å².